The highest BCUT2D eigenvalue weighted by molar-refractivity contribution is 7.87. The summed E-state index contributed by atoms with van der Waals surface area (Å²) < 4.78 is 133. The molecule has 5 aromatic carbocycles. The Bertz CT molecular complexity index is 3080. The second-order valence-corrected chi connectivity index (χ2v) is 18.3. The zero-order valence-corrected chi connectivity index (χ0v) is 33.2. The van der Waals surface area contributed by atoms with Crippen molar-refractivity contribution >= 4 is 79.9 Å². The molecule has 0 aliphatic heterocycles. The van der Waals surface area contributed by atoms with Gasteiger partial charge < -0.3 is 5.32 Å². The summed E-state index contributed by atoms with van der Waals surface area (Å²) in [5, 5.41) is 19.1. The van der Waals surface area contributed by atoms with Crippen molar-refractivity contribution < 1.29 is 51.9 Å². The number of aromatic nitrogens is 3. The molecule has 59 heavy (non-hydrogen) atoms. The van der Waals surface area contributed by atoms with Crippen LogP contribution in [0.2, 0.25) is 0 Å². The minimum Gasteiger partial charge on any atom is -0.353 e. The molecule has 0 spiro atoms. The number of hydrogen-bond donors (Lipinski definition) is 5. The molecule has 0 bridgehead atoms. The Hall–Kier alpha value is -5.99. The van der Waals surface area contributed by atoms with Crippen molar-refractivity contribution in [2.24, 2.45) is 20.5 Å². The van der Waals surface area contributed by atoms with Gasteiger partial charge in [0.1, 0.15) is 16.5 Å². The second-order valence-electron chi connectivity index (χ2n) is 12.5. The number of nitrogens with zero attached hydrogens (tertiary/aromatic N) is 7. The van der Waals surface area contributed by atoms with E-state index in [9.17, 15) is 51.9 Å². The van der Waals surface area contributed by atoms with E-state index in [0.717, 1.165) is 12.1 Å². The van der Waals surface area contributed by atoms with Crippen molar-refractivity contribution in [1.82, 2.24) is 15.0 Å². The summed E-state index contributed by atoms with van der Waals surface area (Å²) in [6.07, 6.45) is -0.145. The van der Waals surface area contributed by atoms with Gasteiger partial charge in [-0.3, -0.25) is 18.2 Å². The van der Waals surface area contributed by atoms with Crippen LogP contribution in [0.15, 0.2) is 138 Å². The van der Waals surface area contributed by atoms with E-state index >= 15 is 0 Å². The van der Waals surface area contributed by atoms with Crippen LogP contribution >= 0.6 is 0 Å². The molecular formula is C35H30N8O12S4. The van der Waals surface area contributed by atoms with Gasteiger partial charge in [0.05, 0.1) is 38.3 Å². The molecule has 0 saturated carbocycles. The predicted octanol–water partition coefficient (Wildman–Crippen LogP) is 6.08. The molecule has 0 fully saturated rings. The fraction of sp³-hybridized carbons (Fsp3) is 0.114. The summed E-state index contributed by atoms with van der Waals surface area (Å²) in [6.45, 7) is -0.279. The minimum absolute atomic E-state index is 0.0417. The van der Waals surface area contributed by atoms with Crippen molar-refractivity contribution in [3.63, 3.8) is 0 Å². The third-order valence-corrected chi connectivity index (χ3v) is 11.5. The normalized spacial score (nSPS) is 12.7. The Morgan fingerprint density at radius 2 is 1.08 bits per heavy atom. The van der Waals surface area contributed by atoms with Gasteiger partial charge in [0.15, 0.2) is 0 Å². The van der Waals surface area contributed by atoms with Gasteiger partial charge in [0, 0.05) is 24.8 Å². The van der Waals surface area contributed by atoms with Crippen LogP contribution in [-0.2, 0) is 53.3 Å². The molecule has 5 N–H and O–H groups in total. The maximum atomic E-state index is 12.4. The monoisotopic (exact) mass is 882 g/mol. The van der Waals surface area contributed by atoms with E-state index in [4.69, 9.17) is 0 Å². The molecule has 1 heterocycles. The van der Waals surface area contributed by atoms with Crippen LogP contribution in [0, 0.1) is 0 Å². The molecule has 0 saturated heterocycles. The Morgan fingerprint density at radius 1 is 0.525 bits per heavy atom. The van der Waals surface area contributed by atoms with Gasteiger partial charge in [-0.15, -0.1) is 0 Å². The van der Waals surface area contributed by atoms with Gasteiger partial charge in [-0.05, 0) is 77.2 Å². The van der Waals surface area contributed by atoms with Crippen molar-refractivity contribution in [2.45, 2.75) is 27.5 Å². The number of azo groups is 2. The number of fused-ring (bicyclic) bond motifs is 1. The van der Waals surface area contributed by atoms with Gasteiger partial charge in [0.25, 0.3) is 40.5 Å². The zero-order valence-electron chi connectivity index (χ0n) is 30.0. The van der Waals surface area contributed by atoms with E-state index in [1.165, 1.54) is 30.3 Å². The smallest absolute Gasteiger partial charge is 0.295 e. The number of nitrogens with one attached hydrogen (secondary N) is 1. The van der Waals surface area contributed by atoms with Crippen LogP contribution in [-0.4, -0.2) is 79.1 Å². The number of benzene rings is 5. The third-order valence-electron chi connectivity index (χ3n) is 8.11. The first-order valence-corrected chi connectivity index (χ1v) is 22.7. The molecule has 0 radical (unpaired) electrons. The number of hydrogen-bond acceptors (Lipinski definition) is 16. The highest BCUT2D eigenvalue weighted by atomic mass is 32.2. The SMILES string of the molecule is O=S(=O)(O)CCNc1nc(Cc2ccc(N=Nc3ccc4cc(S(=O)(=O)O)cc(S(=O)(=O)O)c4c3)cc2)nc(Cc2ccc(N=Nc3ccccc3)cc2S(=O)(=O)O)n1. The van der Waals surface area contributed by atoms with Gasteiger partial charge >= 0.3 is 0 Å². The molecular weight excluding hydrogens is 853 g/mol. The van der Waals surface area contributed by atoms with E-state index < -0.39 is 60.9 Å². The van der Waals surface area contributed by atoms with Gasteiger partial charge in [-0.25, -0.2) is 4.98 Å². The molecule has 24 heteroatoms. The van der Waals surface area contributed by atoms with E-state index in [1.807, 2.05) is 0 Å². The first kappa shape index (κ1) is 42.6. The number of rotatable bonds is 15. The molecule has 6 aromatic rings. The van der Waals surface area contributed by atoms with Crippen LogP contribution in [0.4, 0.5) is 28.7 Å². The average Bonchev–Trinajstić information content (AvgIpc) is 3.15. The Balaban J connectivity index is 1.25. The predicted molar refractivity (Wildman–Crippen MR) is 211 cm³/mol. The van der Waals surface area contributed by atoms with Crippen molar-refractivity contribution in [2.75, 3.05) is 17.6 Å². The lowest BCUT2D eigenvalue weighted by Gasteiger charge is -2.11. The van der Waals surface area contributed by atoms with Crippen LogP contribution in [0.25, 0.3) is 10.8 Å². The summed E-state index contributed by atoms with van der Waals surface area (Å²) in [7, 11) is -18.8. The lowest BCUT2D eigenvalue weighted by Crippen LogP contribution is -2.18. The topological polar surface area (TPSA) is 318 Å². The lowest BCUT2D eigenvalue weighted by atomic mass is 10.1. The zero-order chi connectivity index (χ0) is 42.6. The fourth-order valence-electron chi connectivity index (χ4n) is 5.46. The summed E-state index contributed by atoms with van der Waals surface area (Å²) in [5.74, 6) is -0.535. The molecule has 0 aliphatic rings. The average molecular weight is 883 g/mol. The largest absolute Gasteiger partial charge is 0.353 e. The summed E-state index contributed by atoms with van der Waals surface area (Å²) in [4.78, 5) is 11.1. The first-order chi connectivity index (χ1) is 27.7. The van der Waals surface area contributed by atoms with Crippen molar-refractivity contribution in [3.8, 4) is 0 Å². The Morgan fingerprint density at radius 3 is 1.69 bits per heavy atom. The van der Waals surface area contributed by atoms with E-state index in [0.29, 0.717) is 23.0 Å². The Labute approximate surface area is 336 Å². The third kappa shape index (κ3) is 11.8. The van der Waals surface area contributed by atoms with E-state index in [2.05, 4.69) is 40.7 Å². The molecule has 1 aromatic heterocycles. The van der Waals surface area contributed by atoms with Crippen LogP contribution < -0.4 is 5.32 Å². The quantitative estimate of drug-likeness (QED) is 0.0576. The Kier molecular flexibility index (Phi) is 12.3. The lowest BCUT2D eigenvalue weighted by molar-refractivity contribution is 0.478. The molecule has 20 nitrogen and oxygen atoms in total. The highest BCUT2D eigenvalue weighted by Crippen LogP contribution is 2.32. The standard InChI is InChI=1S/C35H30N8O12S4/c44-56(45,46)15-14-36-35-38-33(37-34(39-35)18-24-9-13-28(20-31(24)58(50,51)52)43-40-25-4-2-1-3-5-25)16-22-6-10-26(11-7-22)41-42-27-12-8-23-17-29(57(47,48)49)21-32(30(23)19-27)59(53,54)55/h1-13,17,19-21H,14-16,18H2,(H,44,45,46)(H,47,48,49)(H,50,51,52)(H,53,54,55)(H,36,37,38,39). The maximum Gasteiger partial charge on any atom is 0.295 e. The van der Waals surface area contributed by atoms with Crippen LogP contribution in [0.5, 0.6) is 0 Å². The highest BCUT2D eigenvalue weighted by Gasteiger charge is 2.22. The molecule has 0 aliphatic carbocycles. The maximum absolute atomic E-state index is 12.4. The van der Waals surface area contributed by atoms with Crippen molar-refractivity contribution in [3.05, 3.63) is 126 Å². The van der Waals surface area contributed by atoms with E-state index in [1.54, 1.807) is 54.6 Å². The van der Waals surface area contributed by atoms with Crippen molar-refractivity contribution in [1.29, 1.82) is 0 Å². The molecule has 306 valence electrons. The summed E-state index contributed by atoms with van der Waals surface area (Å²) in [6, 6.07) is 24.9. The molecule has 6 rings (SSSR count). The second kappa shape index (κ2) is 17.1. The van der Waals surface area contributed by atoms with Crippen LogP contribution in [0.1, 0.15) is 22.8 Å². The van der Waals surface area contributed by atoms with Crippen LogP contribution in [0.3, 0.4) is 0 Å². The summed E-state index contributed by atoms with van der Waals surface area (Å²) in [5.41, 5.74) is 1.89. The molecule has 0 unspecified atom stereocenters. The van der Waals surface area contributed by atoms with Gasteiger partial charge in [-0.2, -0.15) is 64.1 Å². The molecule has 0 amide bonds. The van der Waals surface area contributed by atoms with Gasteiger partial charge in [0.2, 0.25) is 5.95 Å². The minimum atomic E-state index is -4.92. The van der Waals surface area contributed by atoms with E-state index in [-0.39, 0.29) is 64.7 Å². The summed E-state index contributed by atoms with van der Waals surface area (Å²) >= 11 is 0. The fourth-order valence-corrected chi connectivity index (χ4v) is 7.91. The first-order valence-electron chi connectivity index (χ1n) is 16.7. The number of anilines is 1. The van der Waals surface area contributed by atoms with Gasteiger partial charge in [-0.1, -0.05) is 42.5 Å². The molecule has 0 atom stereocenters.